The molecule has 27 heavy (non-hydrogen) atoms. The molecule has 0 amide bonds. The van der Waals surface area contributed by atoms with E-state index in [4.69, 9.17) is 0 Å². The molecule has 8 nitrogen and oxygen atoms in total. The van der Waals surface area contributed by atoms with E-state index in [0.29, 0.717) is 17.1 Å². The normalized spacial score (nSPS) is 10.8. The molecule has 0 aliphatic carbocycles. The minimum absolute atomic E-state index is 0.160. The zero-order valence-electron chi connectivity index (χ0n) is 15.0. The lowest BCUT2D eigenvalue weighted by atomic mass is 10.0. The van der Waals surface area contributed by atoms with E-state index in [9.17, 15) is 14.9 Å². The van der Waals surface area contributed by atoms with Crippen LogP contribution in [0, 0.1) is 10.1 Å². The number of rotatable bonds is 7. The average Bonchev–Trinajstić information content (AvgIpc) is 3.15. The summed E-state index contributed by atoms with van der Waals surface area (Å²) in [4.78, 5) is 23.5. The Bertz CT molecular complexity index is 966. The van der Waals surface area contributed by atoms with Crippen molar-refractivity contribution in [1.29, 1.82) is 0 Å². The Morgan fingerprint density at radius 3 is 2.59 bits per heavy atom. The number of hydrogen-bond donors (Lipinski definition) is 1. The fourth-order valence-electron chi connectivity index (χ4n) is 2.73. The molecule has 138 valence electrons. The summed E-state index contributed by atoms with van der Waals surface area (Å²) >= 11 is 0. The van der Waals surface area contributed by atoms with Crippen LogP contribution < -0.4 is 5.32 Å². The Labute approximate surface area is 156 Å². The molecule has 0 bridgehead atoms. The second-order valence-electron chi connectivity index (χ2n) is 6.29. The van der Waals surface area contributed by atoms with E-state index < -0.39 is 4.92 Å². The molecule has 8 heteroatoms. The quantitative estimate of drug-likeness (QED) is 0.390. The fraction of sp³-hybridized carbons (Fsp3) is 0.211. The molecule has 1 aromatic heterocycles. The number of carbonyl (C=O) groups is 1. The predicted molar refractivity (Wildman–Crippen MR) is 101 cm³/mol. The van der Waals surface area contributed by atoms with Crippen molar-refractivity contribution in [2.45, 2.75) is 26.4 Å². The lowest BCUT2D eigenvalue weighted by molar-refractivity contribution is -0.384. The monoisotopic (exact) mass is 365 g/mol. The summed E-state index contributed by atoms with van der Waals surface area (Å²) in [6.07, 6.45) is 1.62. The molecule has 0 spiro atoms. The van der Waals surface area contributed by atoms with Gasteiger partial charge in [-0.3, -0.25) is 14.9 Å². The number of nitro benzene ring substituents is 1. The second-order valence-corrected chi connectivity index (χ2v) is 6.29. The van der Waals surface area contributed by atoms with Gasteiger partial charge >= 0.3 is 0 Å². The average molecular weight is 365 g/mol. The molecule has 0 unspecified atom stereocenters. The maximum atomic E-state index is 12.5. The van der Waals surface area contributed by atoms with Crippen LogP contribution in [0.4, 0.5) is 11.4 Å². The van der Waals surface area contributed by atoms with E-state index in [-0.39, 0.29) is 29.6 Å². The predicted octanol–water partition coefficient (Wildman–Crippen LogP) is 3.61. The van der Waals surface area contributed by atoms with E-state index in [0.717, 1.165) is 0 Å². The number of aromatic nitrogens is 3. The molecule has 0 saturated heterocycles. The Morgan fingerprint density at radius 1 is 1.19 bits per heavy atom. The van der Waals surface area contributed by atoms with Gasteiger partial charge in [-0.1, -0.05) is 30.3 Å². The SMILES string of the molecule is CC(C)n1cnnc1CNc1ccc(C(=O)c2ccccc2)cc1[N+](=O)[O-]. The number of nitrogens with one attached hydrogen (secondary N) is 1. The Morgan fingerprint density at radius 2 is 1.93 bits per heavy atom. The number of hydrogen-bond acceptors (Lipinski definition) is 6. The van der Waals surface area contributed by atoms with Crippen molar-refractivity contribution in [3.05, 3.63) is 81.9 Å². The number of ketones is 1. The van der Waals surface area contributed by atoms with Gasteiger partial charge in [0.15, 0.2) is 11.6 Å². The molecule has 0 saturated carbocycles. The van der Waals surface area contributed by atoms with Crippen LogP contribution in [-0.2, 0) is 6.54 Å². The van der Waals surface area contributed by atoms with Crippen LogP contribution in [0.1, 0.15) is 41.6 Å². The van der Waals surface area contributed by atoms with Crippen LogP contribution >= 0.6 is 0 Å². The first-order valence-corrected chi connectivity index (χ1v) is 8.48. The molecule has 0 aliphatic rings. The summed E-state index contributed by atoms with van der Waals surface area (Å²) in [7, 11) is 0. The van der Waals surface area contributed by atoms with E-state index >= 15 is 0 Å². The number of carbonyl (C=O) groups excluding carboxylic acids is 1. The van der Waals surface area contributed by atoms with Crippen LogP contribution in [-0.4, -0.2) is 25.5 Å². The third-order valence-electron chi connectivity index (χ3n) is 4.13. The van der Waals surface area contributed by atoms with Gasteiger partial charge in [0, 0.05) is 23.2 Å². The maximum absolute atomic E-state index is 12.5. The first kappa shape index (κ1) is 18.2. The summed E-state index contributed by atoms with van der Waals surface area (Å²) in [6.45, 7) is 4.28. The van der Waals surface area contributed by atoms with E-state index in [1.807, 2.05) is 24.5 Å². The number of anilines is 1. The van der Waals surface area contributed by atoms with Crippen molar-refractivity contribution in [2.24, 2.45) is 0 Å². The molecular formula is C19H19N5O3. The van der Waals surface area contributed by atoms with Crippen molar-refractivity contribution >= 4 is 17.2 Å². The number of benzene rings is 2. The van der Waals surface area contributed by atoms with Gasteiger partial charge in [-0.2, -0.15) is 0 Å². The minimum Gasteiger partial charge on any atom is -0.372 e. The third-order valence-corrected chi connectivity index (χ3v) is 4.13. The van der Waals surface area contributed by atoms with Gasteiger partial charge in [-0.25, -0.2) is 0 Å². The first-order valence-electron chi connectivity index (χ1n) is 8.48. The lowest BCUT2D eigenvalue weighted by Crippen LogP contribution is -2.11. The first-order chi connectivity index (χ1) is 13.0. The van der Waals surface area contributed by atoms with Crippen LogP contribution in [0.3, 0.4) is 0 Å². The van der Waals surface area contributed by atoms with Gasteiger partial charge in [0.25, 0.3) is 5.69 Å². The second kappa shape index (κ2) is 7.77. The van der Waals surface area contributed by atoms with Crippen LogP contribution in [0.15, 0.2) is 54.9 Å². The van der Waals surface area contributed by atoms with Crippen molar-refractivity contribution in [1.82, 2.24) is 14.8 Å². The summed E-state index contributed by atoms with van der Waals surface area (Å²) in [5.41, 5.74) is 0.914. The minimum atomic E-state index is -0.503. The molecule has 0 atom stereocenters. The Balaban J connectivity index is 1.85. The van der Waals surface area contributed by atoms with Gasteiger partial charge in [0.05, 0.1) is 11.5 Å². The highest BCUT2D eigenvalue weighted by Crippen LogP contribution is 2.27. The van der Waals surface area contributed by atoms with Crippen LogP contribution in [0.5, 0.6) is 0 Å². The van der Waals surface area contributed by atoms with Crippen molar-refractivity contribution < 1.29 is 9.72 Å². The standard InChI is InChI=1S/C19H19N5O3/c1-13(2)23-12-21-22-18(23)11-20-16-9-8-15(10-17(16)24(26)27)19(25)14-6-4-3-5-7-14/h3-10,12-13,20H,11H2,1-2H3. The van der Waals surface area contributed by atoms with Crippen molar-refractivity contribution in [3.8, 4) is 0 Å². The lowest BCUT2D eigenvalue weighted by Gasteiger charge is -2.12. The van der Waals surface area contributed by atoms with E-state index in [1.54, 1.807) is 42.7 Å². The summed E-state index contributed by atoms with van der Waals surface area (Å²) in [5.74, 6) is 0.411. The van der Waals surface area contributed by atoms with Gasteiger partial charge in [-0.05, 0) is 26.0 Å². The summed E-state index contributed by atoms with van der Waals surface area (Å²) in [5, 5.41) is 22.4. The molecule has 1 N–H and O–H groups in total. The molecular weight excluding hydrogens is 346 g/mol. The fourth-order valence-corrected chi connectivity index (χ4v) is 2.73. The topological polar surface area (TPSA) is 103 Å². The van der Waals surface area contributed by atoms with Gasteiger partial charge in [0.2, 0.25) is 0 Å². The van der Waals surface area contributed by atoms with Crippen molar-refractivity contribution in [2.75, 3.05) is 5.32 Å². The van der Waals surface area contributed by atoms with Gasteiger partial charge < -0.3 is 9.88 Å². The molecule has 3 aromatic rings. The summed E-state index contributed by atoms with van der Waals surface area (Å²) in [6, 6.07) is 13.3. The maximum Gasteiger partial charge on any atom is 0.293 e. The van der Waals surface area contributed by atoms with Crippen molar-refractivity contribution in [3.63, 3.8) is 0 Å². The molecule has 1 heterocycles. The smallest absolute Gasteiger partial charge is 0.293 e. The molecule has 2 aromatic carbocycles. The Kier molecular flexibility index (Phi) is 5.25. The largest absolute Gasteiger partial charge is 0.372 e. The highest BCUT2D eigenvalue weighted by Gasteiger charge is 2.19. The van der Waals surface area contributed by atoms with Crippen LogP contribution in [0.2, 0.25) is 0 Å². The highest BCUT2D eigenvalue weighted by atomic mass is 16.6. The van der Waals surface area contributed by atoms with Gasteiger partial charge in [0.1, 0.15) is 12.0 Å². The van der Waals surface area contributed by atoms with Crippen LogP contribution in [0.25, 0.3) is 0 Å². The Hall–Kier alpha value is -3.55. The molecule has 0 aliphatic heterocycles. The molecule has 0 radical (unpaired) electrons. The zero-order valence-corrected chi connectivity index (χ0v) is 15.0. The van der Waals surface area contributed by atoms with Gasteiger partial charge in [-0.15, -0.1) is 10.2 Å². The van der Waals surface area contributed by atoms with E-state index in [1.165, 1.54) is 6.07 Å². The zero-order chi connectivity index (χ0) is 19.4. The highest BCUT2D eigenvalue weighted by molar-refractivity contribution is 6.09. The third kappa shape index (κ3) is 4.00. The molecule has 3 rings (SSSR count). The molecule has 0 fully saturated rings. The summed E-state index contributed by atoms with van der Waals surface area (Å²) < 4.78 is 1.88. The number of nitro groups is 1. The number of nitrogens with zero attached hydrogens (tertiary/aromatic N) is 4. The van der Waals surface area contributed by atoms with E-state index in [2.05, 4.69) is 15.5 Å².